The second-order valence-electron chi connectivity index (χ2n) is 6.11. The highest BCUT2D eigenvalue weighted by Crippen LogP contribution is 2.25. The van der Waals surface area contributed by atoms with E-state index >= 15 is 0 Å². The van der Waals surface area contributed by atoms with E-state index in [-0.39, 0.29) is 18.4 Å². The van der Waals surface area contributed by atoms with Crippen LogP contribution in [0, 0.1) is 11.3 Å². The molecule has 4 nitrogen and oxygen atoms in total. The van der Waals surface area contributed by atoms with Crippen LogP contribution in [0.25, 0.3) is 0 Å². The summed E-state index contributed by atoms with van der Waals surface area (Å²) >= 11 is 0. The Bertz CT molecular complexity index is 266. The van der Waals surface area contributed by atoms with E-state index in [0.717, 1.165) is 26.2 Å². The molecular formula is C14H29ClN2O2. The lowest BCUT2D eigenvalue weighted by atomic mass is 9.89. The molecule has 1 unspecified atom stereocenters. The van der Waals surface area contributed by atoms with Crippen molar-refractivity contribution in [1.29, 1.82) is 0 Å². The first-order chi connectivity index (χ1) is 8.45. The average Bonchev–Trinajstić information content (AvgIpc) is 2.63. The smallest absolute Gasteiger partial charge is 0.320 e. The summed E-state index contributed by atoms with van der Waals surface area (Å²) in [6, 6.07) is 0. The Morgan fingerprint density at radius 1 is 1.47 bits per heavy atom. The van der Waals surface area contributed by atoms with E-state index in [0.29, 0.717) is 24.5 Å². The van der Waals surface area contributed by atoms with E-state index in [1.165, 1.54) is 6.42 Å². The van der Waals surface area contributed by atoms with Crippen molar-refractivity contribution >= 4 is 18.4 Å². The van der Waals surface area contributed by atoms with Crippen molar-refractivity contribution in [3.8, 4) is 0 Å². The van der Waals surface area contributed by atoms with Crippen LogP contribution in [0.3, 0.4) is 0 Å². The quantitative estimate of drug-likeness (QED) is 0.728. The summed E-state index contributed by atoms with van der Waals surface area (Å²) < 4.78 is 5.06. The third-order valence-electron chi connectivity index (χ3n) is 3.34. The summed E-state index contributed by atoms with van der Waals surface area (Å²) in [5.74, 6) is 0.463. The summed E-state index contributed by atoms with van der Waals surface area (Å²) in [6.45, 7) is 13.5. The highest BCUT2D eigenvalue weighted by molar-refractivity contribution is 5.85. The van der Waals surface area contributed by atoms with Crippen molar-refractivity contribution in [1.82, 2.24) is 10.2 Å². The maximum Gasteiger partial charge on any atom is 0.320 e. The molecule has 0 radical (unpaired) electrons. The van der Waals surface area contributed by atoms with Crippen LogP contribution in [0.5, 0.6) is 0 Å². The Labute approximate surface area is 123 Å². The third-order valence-corrected chi connectivity index (χ3v) is 3.34. The number of hydrogen-bond donors (Lipinski definition) is 1. The van der Waals surface area contributed by atoms with Gasteiger partial charge < -0.3 is 10.1 Å². The van der Waals surface area contributed by atoms with Gasteiger partial charge in [-0.25, -0.2) is 0 Å². The topological polar surface area (TPSA) is 41.6 Å². The zero-order valence-corrected chi connectivity index (χ0v) is 13.5. The van der Waals surface area contributed by atoms with Crippen molar-refractivity contribution in [3.63, 3.8) is 0 Å². The van der Waals surface area contributed by atoms with Gasteiger partial charge in [-0.05, 0) is 31.2 Å². The molecule has 5 heteroatoms. The van der Waals surface area contributed by atoms with Crippen LogP contribution in [0.2, 0.25) is 0 Å². The molecule has 1 fully saturated rings. The van der Waals surface area contributed by atoms with Crippen LogP contribution in [0.1, 0.15) is 34.1 Å². The lowest BCUT2D eigenvalue weighted by molar-refractivity contribution is -0.144. The Hall–Kier alpha value is -0.320. The van der Waals surface area contributed by atoms with Crippen molar-refractivity contribution in [2.24, 2.45) is 11.3 Å². The van der Waals surface area contributed by atoms with Gasteiger partial charge in [0.1, 0.15) is 0 Å². The fraction of sp³-hybridized carbons (Fsp3) is 0.929. The monoisotopic (exact) mass is 292 g/mol. The number of carbonyl (C=O) groups excluding carboxylic acids is 1. The molecule has 0 saturated carbocycles. The van der Waals surface area contributed by atoms with Crippen molar-refractivity contribution < 1.29 is 9.53 Å². The SMILES string of the molecule is CCOC(=O)CN(CC(C)C)CC1(C)CCNC1.Cl. The highest BCUT2D eigenvalue weighted by Gasteiger charge is 2.31. The average molecular weight is 293 g/mol. The second kappa shape index (κ2) is 8.77. The zero-order valence-electron chi connectivity index (χ0n) is 12.7. The fourth-order valence-electron chi connectivity index (χ4n) is 2.63. The van der Waals surface area contributed by atoms with E-state index in [1.54, 1.807) is 0 Å². The number of nitrogens with zero attached hydrogens (tertiary/aromatic N) is 1. The molecule has 1 atom stereocenters. The Morgan fingerprint density at radius 2 is 2.16 bits per heavy atom. The van der Waals surface area contributed by atoms with Crippen LogP contribution in [-0.2, 0) is 9.53 Å². The van der Waals surface area contributed by atoms with Gasteiger partial charge in [-0.2, -0.15) is 0 Å². The highest BCUT2D eigenvalue weighted by atomic mass is 35.5. The predicted molar refractivity (Wildman–Crippen MR) is 80.8 cm³/mol. The van der Waals surface area contributed by atoms with Gasteiger partial charge in [0.25, 0.3) is 0 Å². The molecule has 1 N–H and O–H groups in total. The summed E-state index contributed by atoms with van der Waals surface area (Å²) in [5, 5.41) is 3.41. The van der Waals surface area contributed by atoms with E-state index in [9.17, 15) is 4.79 Å². The first kappa shape index (κ1) is 18.7. The maximum absolute atomic E-state index is 11.6. The van der Waals surface area contributed by atoms with Gasteiger partial charge in [0.15, 0.2) is 0 Å². The Morgan fingerprint density at radius 3 is 2.63 bits per heavy atom. The van der Waals surface area contributed by atoms with E-state index in [2.05, 4.69) is 31.0 Å². The molecule has 1 rings (SSSR count). The van der Waals surface area contributed by atoms with Gasteiger partial charge in [-0.15, -0.1) is 12.4 Å². The lowest BCUT2D eigenvalue weighted by Gasteiger charge is -2.32. The fourth-order valence-corrected chi connectivity index (χ4v) is 2.63. The summed E-state index contributed by atoms with van der Waals surface area (Å²) in [4.78, 5) is 13.9. The maximum atomic E-state index is 11.6. The molecule has 114 valence electrons. The number of hydrogen-bond acceptors (Lipinski definition) is 4. The van der Waals surface area contributed by atoms with Crippen LogP contribution in [-0.4, -0.2) is 50.2 Å². The van der Waals surface area contributed by atoms with E-state index in [1.807, 2.05) is 6.92 Å². The first-order valence-corrected chi connectivity index (χ1v) is 7.04. The molecular weight excluding hydrogens is 264 g/mol. The van der Waals surface area contributed by atoms with Crippen molar-refractivity contribution in [3.05, 3.63) is 0 Å². The molecule has 0 bridgehead atoms. The van der Waals surface area contributed by atoms with Gasteiger partial charge in [-0.1, -0.05) is 20.8 Å². The molecule has 0 aromatic rings. The molecule has 0 amide bonds. The number of nitrogens with one attached hydrogen (secondary N) is 1. The molecule has 1 heterocycles. The van der Waals surface area contributed by atoms with Gasteiger partial charge in [0.05, 0.1) is 13.2 Å². The molecule has 1 aliphatic rings. The van der Waals surface area contributed by atoms with E-state index < -0.39 is 0 Å². The minimum atomic E-state index is -0.104. The number of halogens is 1. The Balaban J connectivity index is 0.00000324. The zero-order chi connectivity index (χ0) is 13.6. The molecule has 0 aliphatic carbocycles. The van der Waals surface area contributed by atoms with Gasteiger partial charge in [0, 0.05) is 19.6 Å². The summed E-state index contributed by atoms with van der Waals surface area (Å²) in [7, 11) is 0. The van der Waals surface area contributed by atoms with Crippen LogP contribution < -0.4 is 5.32 Å². The van der Waals surface area contributed by atoms with Crippen LogP contribution >= 0.6 is 12.4 Å². The molecule has 1 saturated heterocycles. The molecule has 19 heavy (non-hydrogen) atoms. The number of rotatable bonds is 7. The van der Waals surface area contributed by atoms with Gasteiger partial charge in [-0.3, -0.25) is 9.69 Å². The Kier molecular flexibility index (Phi) is 8.62. The molecule has 0 aromatic carbocycles. The molecule has 1 aliphatic heterocycles. The number of esters is 1. The normalized spacial score (nSPS) is 22.6. The molecule has 0 aromatic heterocycles. The summed E-state index contributed by atoms with van der Waals surface area (Å²) in [6.07, 6.45) is 1.18. The first-order valence-electron chi connectivity index (χ1n) is 7.04. The van der Waals surface area contributed by atoms with Crippen LogP contribution in [0.4, 0.5) is 0 Å². The number of carbonyl (C=O) groups is 1. The van der Waals surface area contributed by atoms with Crippen molar-refractivity contribution in [2.45, 2.75) is 34.1 Å². The third kappa shape index (κ3) is 7.14. The second-order valence-corrected chi connectivity index (χ2v) is 6.11. The predicted octanol–water partition coefficient (Wildman–Crippen LogP) is 1.93. The number of ether oxygens (including phenoxy) is 1. The van der Waals surface area contributed by atoms with Crippen LogP contribution in [0.15, 0.2) is 0 Å². The van der Waals surface area contributed by atoms with Gasteiger partial charge in [0.2, 0.25) is 0 Å². The van der Waals surface area contributed by atoms with E-state index in [4.69, 9.17) is 4.74 Å². The minimum absolute atomic E-state index is 0. The largest absolute Gasteiger partial charge is 0.465 e. The van der Waals surface area contributed by atoms with Crippen molar-refractivity contribution in [2.75, 3.05) is 39.3 Å². The standard InChI is InChI=1S/C14H28N2O2.ClH/c1-5-18-13(17)9-16(8-12(2)3)11-14(4)6-7-15-10-14;/h12,15H,5-11H2,1-4H3;1H. The molecule has 0 spiro atoms. The minimum Gasteiger partial charge on any atom is -0.465 e. The summed E-state index contributed by atoms with van der Waals surface area (Å²) in [5.41, 5.74) is 0.293. The van der Waals surface area contributed by atoms with Gasteiger partial charge >= 0.3 is 5.97 Å². The lowest BCUT2D eigenvalue weighted by Crippen LogP contribution is -2.42.